The molecular formula is C18H22NO5P. The summed E-state index contributed by atoms with van der Waals surface area (Å²) in [6, 6.07) is 14.8. The maximum Gasteiger partial charge on any atom is 0.513 e. The van der Waals surface area contributed by atoms with Gasteiger partial charge in [0.25, 0.3) is 0 Å². The molecule has 0 aliphatic rings. The molecule has 0 amide bonds. The summed E-state index contributed by atoms with van der Waals surface area (Å²) < 4.78 is 29.2. The van der Waals surface area contributed by atoms with E-state index >= 15 is 0 Å². The van der Waals surface area contributed by atoms with Gasteiger partial charge in [-0.3, -0.25) is 4.79 Å². The number of benzene rings is 2. The summed E-state index contributed by atoms with van der Waals surface area (Å²) in [6.45, 7) is 5.41. The maximum absolute atomic E-state index is 13.2. The van der Waals surface area contributed by atoms with Gasteiger partial charge in [0.2, 0.25) is 0 Å². The van der Waals surface area contributed by atoms with Crippen molar-refractivity contribution in [3.63, 3.8) is 0 Å². The molecule has 25 heavy (non-hydrogen) atoms. The van der Waals surface area contributed by atoms with Crippen molar-refractivity contribution in [1.82, 2.24) is 5.09 Å². The third kappa shape index (κ3) is 5.93. The Bertz CT molecular complexity index is 733. The molecule has 2 rings (SSSR count). The fourth-order valence-electron chi connectivity index (χ4n) is 1.99. The van der Waals surface area contributed by atoms with Crippen molar-refractivity contribution in [3.8, 4) is 11.5 Å². The Hall–Kier alpha value is -2.30. The molecule has 0 aliphatic heterocycles. The van der Waals surface area contributed by atoms with Crippen molar-refractivity contribution < 1.29 is 23.1 Å². The summed E-state index contributed by atoms with van der Waals surface area (Å²) in [6.07, 6.45) is 0. The number of carbonyl (C=O) groups is 1. The first-order valence-corrected chi connectivity index (χ1v) is 9.51. The molecule has 7 heteroatoms. The van der Waals surface area contributed by atoms with E-state index in [0.29, 0.717) is 11.5 Å². The number of esters is 1. The van der Waals surface area contributed by atoms with Crippen LogP contribution in [0.1, 0.15) is 19.4 Å². The first-order valence-electron chi connectivity index (χ1n) is 7.97. The second kappa shape index (κ2) is 8.70. The summed E-state index contributed by atoms with van der Waals surface area (Å²) >= 11 is 0. The fourth-order valence-corrected chi connectivity index (χ4v) is 3.51. The van der Waals surface area contributed by atoms with E-state index < -0.39 is 19.8 Å². The van der Waals surface area contributed by atoms with Crippen LogP contribution in [-0.2, 0) is 14.1 Å². The number of hydrogen-bond donors (Lipinski definition) is 1. The van der Waals surface area contributed by atoms with Gasteiger partial charge >= 0.3 is 13.7 Å². The highest BCUT2D eigenvalue weighted by Gasteiger charge is 2.33. The summed E-state index contributed by atoms with van der Waals surface area (Å²) in [5.41, 5.74) is 1.04. The van der Waals surface area contributed by atoms with E-state index in [2.05, 4.69) is 5.09 Å². The average Bonchev–Trinajstić information content (AvgIpc) is 2.58. The third-order valence-electron chi connectivity index (χ3n) is 3.21. The SMILES string of the molecule is CCOC(=O)[C@H](C)N[P@@](=O)(Oc1ccccc1)Oc1ccc(C)cc1. The highest BCUT2D eigenvalue weighted by Crippen LogP contribution is 2.45. The molecule has 0 radical (unpaired) electrons. The molecule has 134 valence electrons. The Labute approximate surface area is 147 Å². The van der Waals surface area contributed by atoms with Crippen LogP contribution in [0.4, 0.5) is 0 Å². The van der Waals surface area contributed by atoms with Crippen molar-refractivity contribution in [3.05, 3.63) is 60.2 Å². The summed E-state index contributed by atoms with van der Waals surface area (Å²) in [5, 5.41) is 2.63. The van der Waals surface area contributed by atoms with Crippen LogP contribution in [0.3, 0.4) is 0 Å². The van der Waals surface area contributed by atoms with Crippen LogP contribution in [0.2, 0.25) is 0 Å². The molecule has 2 aromatic carbocycles. The number of aryl methyl sites for hydroxylation is 1. The zero-order valence-corrected chi connectivity index (χ0v) is 15.4. The van der Waals surface area contributed by atoms with E-state index in [9.17, 15) is 9.36 Å². The summed E-state index contributed by atoms with van der Waals surface area (Å²) in [5.74, 6) is 0.196. The second-order valence-electron chi connectivity index (χ2n) is 5.41. The molecule has 1 N–H and O–H groups in total. The standard InChI is InChI=1S/C18H22NO5P/c1-4-22-18(20)15(3)19-25(21,23-16-8-6-5-7-9-16)24-17-12-10-14(2)11-13-17/h5-13,15H,4H2,1-3H3,(H,19,21)/t15-,25+/m0/s1. The molecule has 0 unspecified atom stereocenters. The molecule has 0 saturated heterocycles. The molecule has 0 fully saturated rings. The van der Waals surface area contributed by atoms with E-state index in [1.165, 1.54) is 6.92 Å². The van der Waals surface area contributed by atoms with Gasteiger partial charge in [0.05, 0.1) is 6.61 Å². The lowest BCUT2D eigenvalue weighted by Crippen LogP contribution is -2.35. The minimum absolute atomic E-state index is 0.230. The number of nitrogens with one attached hydrogen (secondary N) is 1. The van der Waals surface area contributed by atoms with Gasteiger partial charge in [-0.1, -0.05) is 35.9 Å². The van der Waals surface area contributed by atoms with E-state index in [-0.39, 0.29) is 6.61 Å². The van der Waals surface area contributed by atoms with Gasteiger partial charge < -0.3 is 13.8 Å². The molecule has 2 atom stereocenters. The van der Waals surface area contributed by atoms with Crippen LogP contribution < -0.4 is 14.1 Å². The van der Waals surface area contributed by atoms with Crippen molar-refractivity contribution in [1.29, 1.82) is 0 Å². The van der Waals surface area contributed by atoms with Crippen LogP contribution in [0.5, 0.6) is 11.5 Å². The van der Waals surface area contributed by atoms with Gasteiger partial charge in [-0.05, 0) is 45.0 Å². The fraction of sp³-hybridized carbons (Fsp3) is 0.278. The van der Waals surface area contributed by atoms with Crippen LogP contribution in [0, 0.1) is 6.92 Å². The number of hydrogen-bond acceptors (Lipinski definition) is 5. The minimum Gasteiger partial charge on any atom is -0.465 e. The summed E-state index contributed by atoms with van der Waals surface area (Å²) in [4.78, 5) is 11.9. The van der Waals surface area contributed by atoms with Crippen LogP contribution in [0.25, 0.3) is 0 Å². The normalized spacial score (nSPS) is 14.2. The molecule has 0 spiro atoms. The molecule has 6 nitrogen and oxygen atoms in total. The van der Waals surface area contributed by atoms with E-state index in [0.717, 1.165) is 5.56 Å². The molecule has 0 aliphatic carbocycles. The Balaban J connectivity index is 2.21. The van der Waals surface area contributed by atoms with E-state index in [1.54, 1.807) is 43.3 Å². The first-order chi connectivity index (χ1) is 11.9. The Morgan fingerprint density at radius 2 is 1.60 bits per heavy atom. The van der Waals surface area contributed by atoms with Gasteiger partial charge in [0.15, 0.2) is 0 Å². The van der Waals surface area contributed by atoms with E-state index in [4.69, 9.17) is 13.8 Å². The molecule has 0 heterocycles. The van der Waals surface area contributed by atoms with Gasteiger partial charge in [-0.2, -0.15) is 5.09 Å². The largest absolute Gasteiger partial charge is 0.513 e. The summed E-state index contributed by atoms with van der Waals surface area (Å²) in [7, 11) is -3.86. The van der Waals surface area contributed by atoms with Gasteiger partial charge in [-0.15, -0.1) is 0 Å². The molecule has 0 aromatic heterocycles. The lowest BCUT2D eigenvalue weighted by Gasteiger charge is -2.23. The smallest absolute Gasteiger partial charge is 0.465 e. The van der Waals surface area contributed by atoms with Gasteiger partial charge in [0.1, 0.15) is 17.5 Å². The predicted molar refractivity (Wildman–Crippen MR) is 95.7 cm³/mol. The Morgan fingerprint density at radius 3 is 2.16 bits per heavy atom. The van der Waals surface area contributed by atoms with Crippen LogP contribution in [0.15, 0.2) is 54.6 Å². The Kier molecular flexibility index (Phi) is 6.62. The number of ether oxygens (including phenoxy) is 1. The zero-order valence-electron chi connectivity index (χ0n) is 14.5. The second-order valence-corrected chi connectivity index (χ2v) is 7.03. The topological polar surface area (TPSA) is 73.9 Å². The number of rotatable bonds is 8. The van der Waals surface area contributed by atoms with Crippen molar-refractivity contribution in [2.45, 2.75) is 26.8 Å². The maximum atomic E-state index is 13.2. The highest BCUT2D eigenvalue weighted by molar-refractivity contribution is 7.52. The molecule has 0 bridgehead atoms. The highest BCUT2D eigenvalue weighted by atomic mass is 31.2. The Morgan fingerprint density at radius 1 is 1.04 bits per heavy atom. The zero-order chi connectivity index (χ0) is 18.3. The predicted octanol–water partition coefficient (Wildman–Crippen LogP) is 4.10. The minimum atomic E-state index is -3.86. The number of para-hydroxylation sites is 1. The lowest BCUT2D eigenvalue weighted by molar-refractivity contribution is -0.144. The van der Waals surface area contributed by atoms with Gasteiger partial charge in [-0.25, -0.2) is 4.57 Å². The quantitative estimate of drug-likeness (QED) is 0.562. The molecule has 0 saturated carbocycles. The van der Waals surface area contributed by atoms with Crippen molar-refractivity contribution >= 4 is 13.7 Å². The van der Waals surface area contributed by atoms with Crippen LogP contribution >= 0.6 is 7.75 Å². The van der Waals surface area contributed by atoms with Gasteiger partial charge in [0, 0.05) is 0 Å². The third-order valence-corrected chi connectivity index (χ3v) is 4.81. The first kappa shape index (κ1) is 19.0. The monoisotopic (exact) mass is 363 g/mol. The lowest BCUT2D eigenvalue weighted by atomic mass is 10.2. The number of carbonyl (C=O) groups excluding carboxylic acids is 1. The molecular weight excluding hydrogens is 341 g/mol. The average molecular weight is 363 g/mol. The van der Waals surface area contributed by atoms with Crippen molar-refractivity contribution in [2.24, 2.45) is 0 Å². The van der Waals surface area contributed by atoms with Crippen LogP contribution in [-0.4, -0.2) is 18.6 Å². The van der Waals surface area contributed by atoms with Crippen molar-refractivity contribution in [2.75, 3.05) is 6.61 Å². The molecule has 2 aromatic rings. The van der Waals surface area contributed by atoms with E-state index in [1.807, 2.05) is 25.1 Å².